The van der Waals surface area contributed by atoms with Gasteiger partial charge in [0.15, 0.2) is 15.2 Å². The Bertz CT molecular complexity index is 464. The van der Waals surface area contributed by atoms with E-state index in [4.69, 9.17) is 11.6 Å². The highest BCUT2D eigenvalue weighted by atomic mass is 35.5. The molecule has 0 aromatic carbocycles. The third-order valence-corrected chi connectivity index (χ3v) is 3.76. The van der Waals surface area contributed by atoms with Crippen LogP contribution in [0.5, 0.6) is 0 Å². The van der Waals surface area contributed by atoms with Crippen LogP contribution in [0.25, 0.3) is 0 Å². The second-order valence-electron chi connectivity index (χ2n) is 3.81. The van der Waals surface area contributed by atoms with Crippen LogP contribution in [0.4, 0.5) is 5.13 Å². The molecular formula is C11H16ClN3O3S. The number of hydrogen-bond donors (Lipinski definition) is 1. The number of likely N-dealkylation sites (N-methyl/N-ethyl adjacent to an activating group) is 1. The third-order valence-electron chi connectivity index (χ3n) is 2.22. The minimum absolute atomic E-state index is 0.0904. The molecule has 0 aliphatic carbocycles. The second-order valence-corrected chi connectivity index (χ2v) is 5.15. The van der Waals surface area contributed by atoms with Gasteiger partial charge >= 0.3 is 5.97 Å². The highest BCUT2D eigenvalue weighted by molar-refractivity contribution is 7.18. The van der Waals surface area contributed by atoms with E-state index in [-0.39, 0.29) is 22.5 Å². The van der Waals surface area contributed by atoms with E-state index < -0.39 is 5.97 Å². The molecular weight excluding hydrogens is 290 g/mol. The number of halogens is 1. The van der Waals surface area contributed by atoms with Gasteiger partial charge in [-0.2, -0.15) is 0 Å². The monoisotopic (exact) mass is 305 g/mol. The van der Waals surface area contributed by atoms with Crippen LogP contribution >= 0.6 is 22.9 Å². The van der Waals surface area contributed by atoms with Gasteiger partial charge in [0.25, 0.3) is 0 Å². The number of methoxy groups -OCH3 is 1. The van der Waals surface area contributed by atoms with Crippen molar-refractivity contribution in [1.29, 1.82) is 0 Å². The van der Waals surface area contributed by atoms with Crippen molar-refractivity contribution >= 4 is 39.9 Å². The van der Waals surface area contributed by atoms with Crippen LogP contribution in [0.15, 0.2) is 0 Å². The zero-order chi connectivity index (χ0) is 14.4. The van der Waals surface area contributed by atoms with Gasteiger partial charge in [0.2, 0.25) is 5.91 Å². The minimum Gasteiger partial charge on any atom is -0.465 e. The van der Waals surface area contributed by atoms with Crippen LogP contribution in [0.3, 0.4) is 0 Å². The molecule has 0 aliphatic heterocycles. The first-order valence-corrected chi connectivity index (χ1v) is 6.91. The Labute approximate surface area is 120 Å². The SMILES string of the molecule is CCCNC(=O)CN(C)c1nc(Cl)c(C(=O)OC)s1. The van der Waals surface area contributed by atoms with Gasteiger partial charge in [0.1, 0.15) is 0 Å². The van der Waals surface area contributed by atoms with Crippen LogP contribution in [0.2, 0.25) is 5.15 Å². The molecule has 0 radical (unpaired) electrons. The van der Waals surface area contributed by atoms with Gasteiger partial charge in [0.05, 0.1) is 13.7 Å². The molecule has 0 aliphatic rings. The number of nitrogens with one attached hydrogen (secondary N) is 1. The molecule has 1 aromatic rings. The molecule has 0 unspecified atom stereocenters. The number of anilines is 1. The van der Waals surface area contributed by atoms with E-state index in [0.29, 0.717) is 11.7 Å². The molecule has 0 fully saturated rings. The number of nitrogens with zero attached hydrogens (tertiary/aromatic N) is 2. The lowest BCUT2D eigenvalue weighted by Crippen LogP contribution is -2.35. The lowest BCUT2D eigenvalue weighted by molar-refractivity contribution is -0.119. The molecule has 8 heteroatoms. The maximum absolute atomic E-state index is 11.6. The number of thiazole rings is 1. The Hall–Kier alpha value is -1.34. The highest BCUT2D eigenvalue weighted by Gasteiger charge is 2.20. The summed E-state index contributed by atoms with van der Waals surface area (Å²) in [7, 11) is 2.99. The number of aromatic nitrogens is 1. The molecule has 1 rings (SSSR count). The van der Waals surface area contributed by atoms with E-state index in [1.54, 1.807) is 11.9 Å². The van der Waals surface area contributed by atoms with Crippen molar-refractivity contribution in [3.8, 4) is 0 Å². The van der Waals surface area contributed by atoms with Crippen molar-refractivity contribution in [2.45, 2.75) is 13.3 Å². The number of carbonyl (C=O) groups excluding carboxylic acids is 2. The van der Waals surface area contributed by atoms with Crippen LogP contribution in [0.1, 0.15) is 23.0 Å². The average Bonchev–Trinajstić information content (AvgIpc) is 2.77. The lowest BCUT2D eigenvalue weighted by atomic mass is 10.4. The number of rotatable bonds is 6. The molecule has 0 spiro atoms. The zero-order valence-electron chi connectivity index (χ0n) is 11.0. The fraction of sp³-hybridized carbons (Fsp3) is 0.545. The summed E-state index contributed by atoms with van der Waals surface area (Å²) >= 11 is 6.95. The van der Waals surface area contributed by atoms with E-state index in [9.17, 15) is 9.59 Å². The van der Waals surface area contributed by atoms with E-state index in [1.165, 1.54) is 7.11 Å². The lowest BCUT2D eigenvalue weighted by Gasteiger charge is -2.14. The van der Waals surface area contributed by atoms with E-state index in [2.05, 4.69) is 15.0 Å². The van der Waals surface area contributed by atoms with Crippen molar-refractivity contribution in [2.24, 2.45) is 0 Å². The number of carbonyl (C=O) groups is 2. The quantitative estimate of drug-likeness (QED) is 0.807. The summed E-state index contributed by atoms with van der Waals surface area (Å²) in [6.07, 6.45) is 0.880. The van der Waals surface area contributed by atoms with Crippen molar-refractivity contribution in [2.75, 3.05) is 32.1 Å². The normalized spacial score (nSPS) is 10.1. The van der Waals surface area contributed by atoms with Gasteiger partial charge in [0, 0.05) is 13.6 Å². The minimum atomic E-state index is -0.530. The molecule has 1 aromatic heterocycles. The smallest absolute Gasteiger partial charge is 0.351 e. The number of amides is 1. The molecule has 0 atom stereocenters. The van der Waals surface area contributed by atoms with Crippen LogP contribution < -0.4 is 10.2 Å². The fourth-order valence-electron chi connectivity index (χ4n) is 1.28. The predicted molar refractivity (Wildman–Crippen MR) is 75.0 cm³/mol. The van der Waals surface area contributed by atoms with Crippen molar-refractivity contribution in [3.05, 3.63) is 10.0 Å². The maximum atomic E-state index is 11.6. The van der Waals surface area contributed by atoms with E-state index in [1.807, 2.05) is 6.92 Å². The van der Waals surface area contributed by atoms with Gasteiger partial charge < -0.3 is 15.0 Å². The van der Waals surface area contributed by atoms with Crippen molar-refractivity contribution < 1.29 is 14.3 Å². The summed E-state index contributed by atoms with van der Waals surface area (Å²) in [4.78, 5) is 28.9. The summed E-state index contributed by atoms with van der Waals surface area (Å²) in [5.74, 6) is -0.632. The molecule has 0 bridgehead atoms. The zero-order valence-corrected chi connectivity index (χ0v) is 12.6. The summed E-state index contributed by atoms with van der Waals surface area (Å²) < 4.78 is 4.59. The van der Waals surface area contributed by atoms with Gasteiger partial charge in [-0.25, -0.2) is 9.78 Å². The van der Waals surface area contributed by atoms with Gasteiger partial charge in [-0.05, 0) is 6.42 Å². The molecule has 6 nitrogen and oxygen atoms in total. The van der Waals surface area contributed by atoms with Crippen LogP contribution in [-0.4, -0.2) is 44.1 Å². The first-order chi connectivity index (χ1) is 8.99. The summed E-state index contributed by atoms with van der Waals surface area (Å²) in [5, 5.41) is 3.35. The number of hydrogen-bond acceptors (Lipinski definition) is 6. The predicted octanol–water partition coefficient (Wildman–Crippen LogP) is 1.55. The van der Waals surface area contributed by atoms with Gasteiger partial charge in [-0.1, -0.05) is 29.9 Å². The van der Waals surface area contributed by atoms with Crippen molar-refractivity contribution in [3.63, 3.8) is 0 Å². The van der Waals surface area contributed by atoms with Crippen LogP contribution in [0, 0.1) is 0 Å². The Kier molecular flexibility index (Phi) is 6.04. The van der Waals surface area contributed by atoms with E-state index >= 15 is 0 Å². The average molecular weight is 306 g/mol. The van der Waals surface area contributed by atoms with Crippen molar-refractivity contribution in [1.82, 2.24) is 10.3 Å². The van der Waals surface area contributed by atoms with Gasteiger partial charge in [-0.3, -0.25) is 4.79 Å². The summed E-state index contributed by atoms with van der Waals surface area (Å²) in [6, 6.07) is 0. The summed E-state index contributed by atoms with van der Waals surface area (Å²) in [6.45, 7) is 2.77. The highest BCUT2D eigenvalue weighted by Crippen LogP contribution is 2.29. The largest absolute Gasteiger partial charge is 0.465 e. The Balaban J connectivity index is 2.70. The molecule has 0 saturated carbocycles. The van der Waals surface area contributed by atoms with Crippen LogP contribution in [-0.2, 0) is 9.53 Å². The standard InChI is InChI=1S/C11H16ClN3O3S/c1-4-5-13-7(16)6-15(2)11-14-9(12)8(19-11)10(17)18-3/h4-6H2,1-3H3,(H,13,16). The van der Waals surface area contributed by atoms with E-state index in [0.717, 1.165) is 17.8 Å². The Morgan fingerprint density at radius 1 is 1.53 bits per heavy atom. The number of ether oxygens (including phenoxy) is 1. The third kappa shape index (κ3) is 4.36. The Morgan fingerprint density at radius 2 is 2.21 bits per heavy atom. The summed E-state index contributed by atoms with van der Waals surface area (Å²) in [5.41, 5.74) is 0. The molecule has 0 saturated heterocycles. The fourth-order valence-corrected chi connectivity index (χ4v) is 2.44. The maximum Gasteiger partial charge on any atom is 0.351 e. The van der Waals surface area contributed by atoms with Gasteiger partial charge in [-0.15, -0.1) is 0 Å². The molecule has 106 valence electrons. The molecule has 1 heterocycles. The number of esters is 1. The molecule has 1 N–H and O–H groups in total. The first kappa shape index (κ1) is 15.7. The topological polar surface area (TPSA) is 71.5 Å². The first-order valence-electron chi connectivity index (χ1n) is 5.72. The Morgan fingerprint density at radius 3 is 2.79 bits per heavy atom. The molecule has 1 amide bonds. The molecule has 19 heavy (non-hydrogen) atoms. The second kappa shape index (κ2) is 7.30.